The van der Waals surface area contributed by atoms with Gasteiger partial charge in [0.15, 0.2) is 0 Å². The molecule has 1 aromatic carbocycles. The van der Waals surface area contributed by atoms with Gasteiger partial charge in [0.25, 0.3) is 0 Å². The minimum atomic E-state index is -0.379. The van der Waals surface area contributed by atoms with Crippen molar-refractivity contribution in [1.29, 1.82) is 0 Å². The average Bonchev–Trinajstić information content (AvgIpc) is 3.46. The van der Waals surface area contributed by atoms with Crippen molar-refractivity contribution in [3.05, 3.63) is 84.4 Å². The zero-order valence-corrected chi connectivity index (χ0v) is 18.5. The number of hydrogen-bond donors (Lipinski definition) is 1. The number of methoxy groups -OCH3 is 1. The summed E-state index contributed by atoms with van der Waals surface area (Å²) in [7, 11) is 3.27. The van der Waals surface area contributed by atoms with Crippen LogP contribution in [0.3, 0.4) is 0 Å². The summed E-state index contributed by atoms with van der Waals surface area (Å²) in [4.78, 5) is 21.3. The SMILES string of the molecule is COC(=O)c1ccc(C)c(Nc2cccc(-c3cnc4cc(-c5cnn(C)c5)ccn34)n2)c1. The maximum absolute atomic E-state index is 11.9. The second-order valence-corrected chi connectivity index (χ2v) is 7.74. The van der Waals surface area contributed by atoms with Crippen LogP contribution in [0, 0.1) is 6.92 Å². The Morgan fingerprint density at radius 2 is 1.94 bits per heavy atom. The van der Waals surface area contributed by atoms with Gasteiger partial charge in [-0.1, -0.05) is 12.1 Å². The molecule has 0 bridgehead atoms. The first-order valence-corrected chi connectivity index (χ1v) is 10.4. The number of esters is 1. The summed E-state index contributed by atoms with van der Waals surface area (Å²) in [5, 5.41) is 7.56. The topological polar surface area (TPSA) is 86.3 Å². The Balaban J connectivity index is 1.47. The van der Waals surface area contributed by atoms with Crippen molar-refractivity contribution < 1.29 is 9.53 Å². The van der Waals surface area contributed by atoms with Gasteiger partial charge in [0.2, 0.25) is 0 Å². The van der Waals surface area contributed by atoms with Crippen molar-refractivity contribution in [2.45, 2.75) is 6.92 Å². The Labute approximate surface area is 190 Å². The first-order valence-electron chi connectivity index (χ1n) is 10.4. The Morgan fingerprint density at radius 3 is 2.73 bits per heavy atom. The molecule has 5 rings (SSSR count). The largest absolute Gasteiger partial charge is 0.465 e. The van der Waals surface area contributed by atoms with E-state index >= 15 is 0 Å². The molecule has 164 valence electrons. The number of pyridine rings is 2. The molecule has 0 fully saturated rings. The zero-order valence-electron chi connectivity index (χ0n) is 18.5. The fraction of sp³-hybridized carbons (Fsp3) is 0.120. The smallest absolute Gasteiger partial charge is 0.337 e. The van der Waals surface area contributed by atoms with E-state index in [0.717, 1.165) is 39.4 Å². The Bertz CT molecular complexity index is 1480. The van der Waals surface area contributed by atoms with E-state index in [1.165, 1.54) is 7.11 Å². The number of hydrogen-bond acceptors (Lipinski definition) is 6. The summed E-state index contributed by atoms with van der Waals surface area (Å²) in [6.45, 7) is 1.97. The molecular formula is C25H22N6O2. The van der Waals surface area contributed by atoms with Gasteiger partial charge in [-0.3, -0.25) is 9.08 Å². The van der Waals surface area contributed by atoms with Gasteiger partial charge in [-0.15, -0.1) is 0 Å². The highest BCUT2D eigenvalue weighted by molar-refractivity contribution is 5.91. The number of rotatable bonds is 5. The second-order valence-electron chi connectivity index (χ2n) is 7.74. The lowest BCUT2D eigenvalue weighted by molar-refractivity contribution is 0.0601. The maximum atomic E-state index is 11.9. The van der Waals surface area contributed by atoms with Crippen LogP contribution < -0.4 is 5.32 Å². The molecule has 0 unspecified atom stereocenters. The van der Waals surface area contributed by atoms with Crippen LogP contribution in [-0.4, -0.2) is 37.2 Å². The molecule has 4 heterocycles. The third-order valence-corrected chi connectivity index (χ3v) is 5.48. The van der Waals surface area contributed by atoms with Crippen LogP contribution in [0.4, 0.5) is 11.5 Å². The zero-order chi connectivity index (χ0) is 22.9. The minimum Gasteiger partial charge on any atom is -0.465 e. The quantitative estimate of drug-likeness (QED) is 0.403. The molecule has 0 aliphatic carbocycles. The molecule has 8 nitrogen and oxygen atoms in total. The first kappa shape index (κ1) is 20.4. The normalized spacial score (nSPS) is 11.0. The van der Waals surface area contributed by atoms with E-state index < -0.39 is 0 Å². The highest BCUT2D eigenvalue weighted by Gasteiger charge is 2.12. The molecular weight excluding hydrogens is 416 g/mol. The van der Waals surface area contributed by atoms with Crippen LogP contribution in [0.1, 0.15) is 15.9 Å². The number of nitrogens with zero attached hydrogens (tertiary/aromatic N) is 5. The molecule has 0 spiro atoms. The Hall–Kier alpha value is -4.46. The highest BCUT2D eigenvalue weighted by atomic mass is 16.5. The number of fused-ring (bicyclic) bond motifs is 1. The molecule has 0 saturated carbocycles. The van der Waals surface area contributed by atoms with E-state index in [9.17, 15) is 4.79 Å². The lowest BCUT2D eigenvalue weighted by Crippen LogP contribution is -2.03. The third-order valence-electron chi connectivity index (χ3n) is 5.48. The van der Waals surface area contributed by atoms with Crippen molar-refractivity contribution in [3.63, 3.8) is 0 Å². The molecule has 8 heteroatoms. The number of imidazole rings is 1. The van der Waals surface area contributed by atoms with Gasteiger partial charge < -0.3 is 10.1 Å². The highest BCUT2D eigenvalue weighted by Crippen LogP contribution is 2.26. The Kier molecular flexibility index (Phi) is 5.10. The van der Waals surface area contributed by atoms with E-state index in [1.807, 2.05) is 79.6 Å². The van der Waals surface area contributed by atoms with E-state index in [1.54, 1.807) is 16.8 Å². The number of carbonyl (C=O) groups is 1. The van der Waals surface area contributed by atoms with Crippen molar-refractivity contribution in [2.24, 2.45) is 7.05 Å². The summed E-state index contributed by atoms with van der Waals surface area (Å²) in [5.41, 5.74) is 6.85. The van der Waals surface area contributed by atoms with Gasteiger partial charge >= 0.3 is 5.97 Å². The maximum Gasteiger partial charge on any atom is 0.337 e. The lowest BCUT2D eigenvalue weighted by Gasteiger charge is -2.11. The van der Waals surface area contributed by atoms with Gasteiger partial charge in [0, 0.05) is 30.7 Å². The fourth-order valence-corrected chi connectivity index (χ4v) is 3.71. The van der Waals surface area contributed by atoms with Crippen LogP contribution in [0.2, 0.25) is 0 Å². The summed E-state index contributed by atoms with van der Waals surface area (Å²) in [5.74, 6) is 0.288. The summed E-state index contributed by atoms with van der Waals surface area (Å²) in [6, 6.07) is 15.2. The van der Waals surface area contributed by atoms with E-state index in [4.69, 9.17) is 9.72 Å². The molecule has 0 aliphatic heterocycles. The van der Waals surface area contributed by atoms with Crippen LogP contribution >= 0.6 is 0 Å². The third kappa shape index (κ3) is 3.94. The lowest BCUT2D eigenvalue weighted by atomic mass is 10.1. The van der Waals surface area contributed by atoms with E-state index in [0.29, 0.717) is 11.4 Å². The molecule has 0 radical (unpaired) electrons. The van der Waals surface area contributed by atoms with Crippen molar-refractivity contribution in [2.75, 3.05) is 12.4 Å². The first-order chi connectivity index (χ1) is 16.0. The predicted octanol–water partition coefficient (Wildman–Crippen LogP) is 4.64. The number of aromatic nitrogens is 5. The summed E-state index contributed by atoms with van der Waals surface area (Å²) >= 11 is 0. The van der Waals surface area contributed by atoms with Crippen molar-refractivity contribution >= 4 is 23.1 Å². The molecule has 0 aliphatic rings. The van der Waals surface area contributed by atoms with Gasteiger partial charge in [0.1, 0.15) is 11.5 Å². The molecule has 33 heavy (non-hydrogen) atoms. The van der Waals surface area contributed by atoms with Crippen LogP contribution in [0.25, 0.3) is 28.2 Å². The molecule has 1 N–H and O–H groups in total. The van der Waals surface area contributed by atoms with E-state index in [-0.39, 0.29) is 5.97 Å². The van der Waals surface area contributed by atoms with Gasteiger partial charge in [0.05, 0.1) is 36.5 Å². The average molecular weight is 438 g/mol. The van der Waals surface area contributed by atoms with Crippen LogP contribution in [0.15, 0.2) is 73.3 Å². The molecule has 0 amide bonds. The van der Waals surface area contributed by atoms with Crippen molar-refractivity contribution in [1.82, 2.24) is 24.1 Å². The van der Waals surface area contributed by atoms with Gasteiger partial charge in [-0.2, -0.15) is 5.10 Å². The number of benzene rings is 1. The molecule has 0 saturated heterocycles. The Morgan fingerprint density at radius 1 is 1.06 bits per heavy atom. The number of ether oxygens (including phenoxy) is 1. The minimum absolute atomic E-state index is 0.379. The number of aryl methyl sites for hydroxylation is 2. The van der Waals surface area contributed by atoms with Gasteiger partial charge in [-0.25, -0.2) is 14.8 Å². The van der Waals surface area contributed by atoms with Crippen LogP contribution in [-0.2, 0) is 11.8 Å². The van der Waals surface area contributed by atoms with Gasteiger partial charge in [-0.05, 0) is 54.4 Å². The number of nitrogens with one attached hydrogen (secondary N) is 1. The molecule has 0 atom stereocenters. The second kappa shape index (κ2) is 8.23. The van der Waals surface area contributed by atoms with Crippen LogP contribution in [0.5, 0.6) is 0 Å². The number of carbonyl (C=O) groups excluding carboxylic acids is 1. The molecule has 5 aromatic rings. The van der Waals surface area contributed by atoms with Crippen molar-refractivity contribution in [3.8, 4) is 22.5 Å². The standard InChI is InChI=1S/C25H22N6O2/c1-16-7-8-18(25(32)33-3)11-21(16)29-23-6-4-5-20(28-23)22-14-26-24-12-17(9-10-31(22)24)19-13-27-30(2)15-19/h4-15H,1-3H3,(H,28,29). The summed E-state index contributed by atoms with van der Waals surface area (Å²) < 4.78 is 8.62. The fourth-order valence-electron chi connectivity index (χ4n) is 3.71. The predicted molar refractivity (Wildman–Crippen MR) is 126 cm³/mol. The monoisotopic (exact) mass is 438 g/mol. The van der Waals surface area contributed by atoms with E-state index in [2.05, 4.69) is 15.4 Å². The molecule has 4 aromatic heterocycles. The number of anilines is 2. The summed E-state index contributed by atoms with van der Waals surface area (Å²) in [6.07, 6.45) is 7.62.